The normalized spacial score (nSPS) is 10.6. The van der Waals surface area contributed by atoms with Crippen molar-refractivity contribution in [2.45, 2.75) is 20.5 Å². The Morgan fingerprint density at radius 3 is 2.70 bits per heavy atom. The molecule has 0 spiro atoms. The van der Waals surface area contributed by atoms with Crippen LogP contribution in [0.1, 0.15) is 18.2 Å². The number of amides is 2. The lowest BCUT2D eigenvalue weighted by atomic mass is 10.3. The van der Waals surface area contributed by atoms with Crippen LogP contribution in [-0.2, 0) is 6.61 Å². The van der Waals surface area contributed by atoms with Gasteiger partial charge in [-0.15, -0.1) is 0 Å². The molecule has 0 saturated carbocycles. The van der Waals surface area contributed by atoms with Crippen LogP contribution >= 0.6 is 0 Å². The van der Waals surface area contributed by atoms with Crippen LogP contribution in [0.4, 0.5) is 16.2 Å². The first-order valence-electron chi connectivity index (χ1n) is 10.5. The van der Waals surface area contributed by atoms with E-state index in [9.17, 15) is 9.59 Å². The molecule has 0 atom stereocenters. The highest BCUT2D eigenvalue weighted by atomic mass is 16.5. The monoisotopic (exact) mass is 444 g/mol. The Kier molecular flexibility index (Phi) is 6.54. The first kappa shape index (κ1) is 21.9. The van der Waals surface area contributed by atoms with Crippen LogP contribution in [-0.4, -0.2) is 22.0 Å². The molecule has 168 valence electrons. The second kappa shape index (κ2) is 9.86. The van der Waals surface area contributed by atoms with Gasteiger partial charge in [0.2, 0.25) is 0 Å². The molecule has 4 rings (SSSR count). The fourth-order valence-corrected chi connectivity index (χ4v) is 3.34. The molecule has 2 amide bonds. The summed E-state index contributed by atoms with van der Waals surface area (Å²) in [6.45, 7) is 4.41. The van der Waals surface area contributed by atoms with Crippen LogP contribution in [0, 0.1) is 6.92 Å². The predicted octanol–water partition coefficient (Wildman–Crippen LogP) is 4.62. The zero-order valence-electron chi connectivity index (χ0n) is 18.4. The van der Waals surface area contributed by atoms with Crippen molar-refractivity contribution in [2.75, 3.05) is 17.2 Å². The Labute approximate surface area is 190 Å². The van der Waals surface area contributed by atoms with Crippen molar-refractivity contribution in [1.82, 2.24) is 9.38 Å². The van der Waals surface area contributed by atoms with Crippen LogP contribution in [0.25, 0.3) is 5.65 Å². The molecular formula is C25H24N4O4. The van der Waals surface area contributed by atoms with E-state index < -0.39 is 6.03 Å². The highest BCUT2D eigenvalue weighted by Gasteiger charge is 2.09. The van der Waals surface area contributed by atoms with Crippen molar-refractivity contribution in [3.63, 3.8) is 0 Å². The standard InChI is InChI=1S/C25H24N4O4/c1-3-32-22-12-5-4-11-21(22)28-25(31)27-18-9-6-10-20(14-18)33-16-19-15-23(30)29-13-7-8-17(2)24(29)26-19/h4-15H,3,16H2,1-2H3,(H2,27,28,31). The van der Waals surface area contributed by atoms with Crippen molar-refractivity contribution >= 4 is 23.1 Å². The molecule has 0 radical (unpaired) electrons. The Morgan fingerprint density at radius 2 is 1.85 bits per heavy atom. The summed E-state index contributed by atoms with van der Waals surface area (Å²) in [5.74, 6) is 1.13. The third-order valence-corrected chi connectivity index (χ3v) is 4.85. The Morgan fingerprint density at radius 1 is 1.00 bits per heavy atom. The number of carbonyl (C=O) groups excluding carboxylic acids is 1. The number of aromatic nitrogens is 2. The maximum absolute atomic E-state index is 12.5. The maximum atomic E-state index is 12.5. The molecule has 2 N–H and O–H groups in total. The minimum absolute atomic E-state index is 0.122. The van der Waals surface area contributed by atoms with E-state index in [-0.39, 0.29) is 12.2 Å². The van der Waals surface area contributed by atoms with Crippen LogP contribution in [0.5, 0.6) is 11.5 Å². The zero-order valence-corrected chi connectivity index (χ0v) is 18.4. The lowest BCUT2D eigenvalue weighted by Gasteiger charge is -2.13. The number of urea groups is 1. The van der Waals surface area contributed by atoms with E-state index in [1.165, 1.54) is 10.5 Å². The number of carbonyl (C=O) groups is 1. The van der Waals surface area contributed by atoms with Gasteiger partial charge in [-0.2, -0.15) is 0 Å². The van der Waals surface area contributed by atoms with Crippen LogP contribution in [0.2, 0.25) is 0 Å². The van der Waals surface area contributed by atoms with Crippen molar-refractivity contribution < 1.29 is 14.3 Å². The minimum Gasteiger partial charge on any atom is -0.492 e. The third kappa shape index (κ3) is 5.30. The summed E-state index contributed by atoms with van der Waals surface area (Å²) >= 11 is 0. The molecule has 8 nitrogen and oxygen atoms in total. The second-order valence-electron chi connectivity index (χ2n) is 7.30. The Balaban J connectivity index is 1.42. The molecule has 0 aliphatic heterocycles. The quantitative estimate of drug-likeness (QED) is 0.434. The molecule has 0 aliphatic carbocycles. The van der Waals surface area contributed by atoms with Crippen LogP contribution in [0.15, 0.2) is 77.7 Å². The molecule has 0 fully saturated rings. The summed E-state index contributed by atoms with van der Waals surface area (Å²) in [7, 11) is 0. The van der Waals surface area contributed by atoms with Gasteiger partial charge in [-0.1, -0.05) is 24.3 Å². The lowest BCUT2D eigenvalue weighted by molar-refractivity contribution is 0.262. The van der Waals surface area contributed by atoms with Gasteiger partial charge in [0.05, 0.1) is 18.0 Å². The maximum Gasteiger partial charge on any atom is 0.323 e. The van der Waals surface area contributed by atoms with Crippen LogP contribution in [0.3, 0.4) is 0 Å². The van der Waals surface area contributed by atoms with E-state index in [0.29, 0.717) is 40.8 Å². The fraction of sp³-hybridized carbons (Fsp3) is 0.160. The summed E-state index contributed by atoms with van der Waals surface area (Å²) < 4.78 is 12.9. The number of ether oxygens (including phenoxy) is 2. The first-order valence-corrected chi connectivity index (χ1v) is 10.5. The lowest BCUT2D eigenvalue weighted by Crippen LogP contribution is -2.20. The van der Waals surface area contributed by atoms with E-state index in [2.05, 4.69) is 15.6 Å². The minimum atomic E-state index is -0.404. The number of nitrogens with one attached hydrogen (secondary N) is 2. The zero-order chi connectivity index (χ0) is 23.2. The van der Waals surface area contributed by atoms with Gasteiger partial charge in [-0.05, 0) is 49.7 Å². The van der Waals surface area contributed by atoms with Crippen molar-refractivity contribution in [1.29, 1.82) is 0 Å². The molecular weight excluding hydrogens is 420 g/mol. The van der Waals surface area contributed by atoms with Gasteiger partial charge in [0, 0.05) is 24.0 Å². The van der Waals surface area contributed by atoms with Crippen molar-refractivity contribution in [3.8, 4) is 11.5 Å². The number of hydrogen-bond acceptors (Lipinski definition) is 5. The molecule has 0 saturated heterocycles. The summed E-state index contributed by atoms with van der Waals surface area (Å²) in [4.78, 5) is 29.4. The number of hydrogen-bond donors (Lipinski definition) is 2. The molecule has 2 aromatic heterocycles. The van der Waals surface area contributed by atoms with Crippen molar-refractivity contribution in [2.24, 2.45) is 0 Å². The predicted molar refractivity (Wildman–Crippen MR) is 127 cm³/mol. The largest absolute Gasteiger partial charge is 0.492 e. The molecule has 4 aromatic rings. The first-order chi connectivity index (χ1) is 16.0. The molecule has 2 heterocycles. The van der Waals surface area contributed by atoms with Gasteiger partial charge < -0.3 is 20.1 Å². The average molecular weight is 444 g/mol. The number of fused-ring (bicyclic) bond motifs is 1. The van der Waals surface area contributed by atoms with E-state index in [1.807, 2.05) is 38.1 Å². The number of benzene rings is 2. The van der Waals surface area contributed by atoms with Gasteiger partial charge >= 0.3 is 6.03 Å². The van der Waals surface area contributed by atoms with E-state index in [0.717, 1.165) is 5.56 Å². The number of anilines is 2. The van der Waals surface area contributed by atoms with Gasteiger partial charge in [0.25, 0.3) is 5.56 Å². The number of nitrogens with zero attached hydrogens (tertiary/aromatic N) is 2. The Hall–Kier alpha value is -4.33. The average Bonchev–Trinajstić information content (AvgIpc) is 2.80. The topological polar surface area (TPSA) is 94.0 Å². The fourth-order valence-electron chi connectivity index (χ4n) is 3.34. The van der Waals surface area contributed by atoms with E-state index in [1.54, 1.807) is 42.6 Å². The molecule has 0 bridgehead atoms. The molecule has 8 heteroatoms. The van der Waals surface area contributed by atoms with Gasteiger partial charge in [-0.25, -0.2) is 9.78 Å². The van der Waals surface area contributed by atoms with Gasteiger partial charge in [-0.3, -0.25) is 9.20 Å². The van der Waals surface area contributed by atoms with E-state index in [4.69, 9.17) is 9.47 Å². The summed E-state index contributed by atoms with van der Waals surface area (Å²) in [5, 5.41) is 5.57. The van der Waals surface area contributed by atoms with Crippen molar-refractivity contribution in [3.05, 3.63) is 94.5 Å². The Bertz CT molecular complexity index is 1350. The second-order valence-corrected chi connectivity index (χ2v) is 7.30. The molecule has 33 heavy (non-hydrogen) atoms. The molecule has 2 aromatic carbocycles. The number of para-hydroxylation sites is 2. The van der Waals surface area contributed by atoms with Gasteiger partial charge in [0.15, 0.2) is 0 Å². The number of aryl methyl sites for hydroxylation is 1. The highest BCUT2D eigenvalue weighted by Crippen LogP contribution is 2.24. The number of rotatable bonds is 7. The van der Waals surface area contributed by atoms with Gasteiger partial charge in [0.1, 0.15) is 23.8 Å². The SMILES string of the molecule is CCOc1ccccc1NC(=O)Nc1cccc(OCc2cc(=O)n3cccc(C)c3n2)c1. The molecule has 0 unspecified atom stereocenters. The summed E-state index contributed by atoms with van der Waals surface area (Å²) in [5.41, 5.74) is 3.00. The summed E-state index contributed by atoms with van der Waals surface area (Å²) in [6, 6.07) is 19.0. The smallest absolute Gasteiger partial charge is 0.323 e. The highest BCUT2D eigenvalue weighted by molar-refractivity contribution is 6.00. The summed E-state index contributed by atoms with van der Waals surface area (Å²) in [6.07, 6.45) is 1.69. The molecule has 0 aliphatic rings. The third-order valence-electron chi connectivity index (χ3n) is 4.85. The van der Waals surface area contributed by atoms with E-state index >= 15 is 0 Å². The van der Waals surface area contributed by atoms with Crippen LogP contribution < -0.4 is 25.7 Å². The number of pyridine rings is 1.